The Balaban J connectivity index is 2.19. The van der Waals surface area contributed by atoms with Crippen LogP contribution in [0.5, 0.6) is 0 Å². The Labute approximate surface area is 119 Å². The average Bonchev–Trinajstić information content (AvgIpc) is 2.42. The summed E-state index contributed by atoms with van der Waals surface area (Å²) in [5.41, 5.74) is 0.913. The molecule has 104 valence electrons. The van der Waals surface area contributed by atoms with Crippen LogP contribution >= 0.6 is 11.6 Å². The van der Waals surface area contributed by atoms with Gasteiger partial charge in [-0.1, -0.05) is 11.6 Å². The normalized spacial score (nSPS) is 16.6. The number of carbonyl (C=O) groups excluding carboxylic acids is 1. The lowest BCUT2D eigenvalue weighted by Crippen LogP contribution is -2.42. The fourth-order valence-corrected chi connectivity index (χ4v) is 2.55. The molecule has 1 heterocycles. The monoisotopic (exact) mass is 281 g/mol. The highest BCUT2D eigenvalue weighted by Crippen LogP contribution is 2.25. The second kappa shape index (κ2) is 6.40. The minimum absolute atomic E-state index is 0.0758. The van der Waals surface area contributed by atoms with Crippen molar-refractivity contribution in [3.8, 4) is 0 Å². The van der Waals surface area contributed by atoms with Crippen molar-refractivity contribution in [3.63, 3.8) is 0 Å². The molecular formula is C15H20ClNO2. The predicted octanol–water partition coefficient (Wildman–Crippen LogP) is 3.51. The van der Waals surface area contributed by atoms with Crippen molar-refractivity contribution in [2.45, 2.75) is 32.7 Å². The van der Waals surface area contributed by atoms with Crippen LogP contribution < -0.4 is 4.90 Å². The van der Waals surface area contributed by atoms with Crippen LogP contribution in [0, 0.1) is 5.92 Å². The SMILES string of the molecule is CC(C)N(C(=O)C1CCOCC1)c1ccc(Cl)cc1. The quantitative estimate of drug-likeness (QED) is 0.848. The standard InChI is InChI=1S/C15H20ClNO2/c1-11(2)17(14-5-3-13(16)4-6-14)15(18)12-7-9-19-10-8-12/h3-6,11-12H,7-10H2,1-2H3. The number of hydrogen-bond acceptors (Lipinski definition) is 2. The van der Waals surface area contributed by atoms with Crippen molar-refractivity contribution < 1.29 is 9.53 Å². The lowest BCUT2D eigenvalue weighted by molar-refractivity contribution is -0.125. The molecule has 0 aliphatic carbocycles. The van der Waals surface area contributed by atoms with Crippen molar-refractivity contribution in [1.29, 1.82) is 0 Å². The minimum Gasteiger partial charge on any atom is -0.381 e. The first-order valence-corrected chi connectivity index (χ1v) is 7.14. The molecule has 2 rings (SSSR count). The summed E-state index contributed by atoms with van der Waals surface area (Å²) >= 11 is 5.90. The molecule has 3 nitrogen and oxygen atoms in total. The Hall–Kier alpha value is -1.06. The van der Waals surface area contributed by atoms with Crippen LogP contribution in [-0.2, 0) is 9.53 Å². The number of halogens is 1. The summed E-state index contributed by atoms with van der Waals surface area (Å²) in [6.45, 7) is 5.43. The highest BCUT2D eigenvalue weighted by molar-refractivity contribution is 6.30. The van der Waals surface area contributed by atoms with E-state index in [2.05, 4.69) is 0 Å². The zero-order valence-corrected chi connectivity index (χ0v) is 12.2. The molecule has 19 heavy (non-hydrogen) atoms. The van der Waals surface area contributed by atoms with E-state index in [1.54, 1.807) is 0 Å². The molecule has 0 aromatic heterocycles. The first-order chi connectivity index (χ1) is 9.09. The summed E-state index contributed by atoms with van der Waals surface area (Å²) < 4.78 is 5.32. The molecule has 1 aromatic carbocycles. The van der Waals surface area contributed by atoms with Gasteiger partial charge in [0.25, 0.3) is 0 Å². The average molecular weight is 282 g/mol. The Morgan fingerprint density at radius 2 is 1.84 bits per heavy atom. The highest BCUT2D eigenvalue weighted by Gasteiger charge is 2.28. The molecule has 0 unspecified atom stereocenters. The van der Waals surface area contributed by atoms with Crippen molar-refractivity contribution in [2.24, 2.45) is 5.92 Å². The largest absolute Gasteiger partial charge is 0.381 e. The molecular weight excluding hydrogens is 262 g/mol. The zero-order chi connectivity index (χ0) is 13.8. The number of benzene rings is 1. The van der Waals surface area contributed by atoms with Gasteiger partial charge in [-0.25, -0.2) is 0 Å². The predicted molar refractivity (Wildman–Crippen MR) is 77.6 cm³/mol. The maximum Gasteiger partial charge on any atom is 0.230 e. The minimum atomic E-state index is 0.0758. The topological polar surface area (TPSA) is 29.5 Å². The van der Waals surface area contributed by atoms with Gasteiger partial charge in [-0.15, -0.1) is 0 Å². The molecule has 1 saturated heterocycles. The Kier molecular flexibility index (Phi) is 4.83. The molecule has 0 atom stereocenters. The van der Waals surface area contributed by atoms with E-state index >= 15 is 0 Å². The van der Waals surface area contributed by atoms with Gasteiger partial charge in [0, 0.05) is 35.9 Å². The molecule has 0 bridgehead atoms. The second-order valence-electron chi connectivity index (χ2n) is 5.17. The van der Waals surface area contributed by atoms with Crippen LogP contribution in [0.25, 0.3) is 0 Å². The third kappa shape index (κ3) is 3.48. The number of nitrogens with zero attached hydrogens (tertiary/aromatic N) is 1. The van der Waals surface area contributed by atoms with E-state index in [4.69, 9.17) is 16.3 Å². The lowest BCUT2D eigenvalue weighted by atomic mass is 9.97. The Morgan fingerprint density at radius 3 is 2.37 bits per heavy atom. The van der Waals surface area contributed by atoms with Crippen LogP contribution in [0.4, 0.5) is 5.69 Å². The molecule has 0 N–H and O–H groups in total. The van der Waals surface area contributed by atoms with Crippen LogP contribution in [0.2, 0.25) is 5.02 Å². The van der Waals surface area contributed by atoms with E-state index in [0.29, 0.717) is 18.2 Å². The number of carbonyl (C=O) groups is 1. The van der Waals surface area contributed by atoms with E-state index in [0.717, 1.165) is 18.5 Å². The molecule has 1 aliphatic heterocycles. The fraction of sp³-hybridized carbons (Fsp3) is 0.533. The van der Waals surface area contributed by atoms with Gasteiger partial charge in [-0.2, -0.15) is 0 Å². The third-order valence-electron chi connectivity index (χ3n) is 3.43. The van der Waals surface area contributed by atoms with Crippen molar-refractivity contribution in [3.05, 3.63) is 29.3 Å². The van der Waals surface area contributed by atoms with Crippen molar-refractivity contribution >= 4 is 23.2 Å². The third-order valence-corrected chi connectivity index (χ3v) is 3.68. The summed E-state index contributed by atoms with van der Waals surface area (Å²) in [7, 11) is 0. The van der Waals surface area contributed by atoms with E-state index in [9.17, 15) is 4.79 Å². The van der Waals surface area contributed by atoms with Gasteiger partial charge in [-0.3, -0.25) is 4.79 Å². The molecule has 0 spiro atoms. The number of rotatable bonds is 3. The molecule has 0 radical (unpaired) electrons. The summed E-state index contributed by atoms with van der Waals surface area (Å²) in [5.74, 6) is 0.271. The maximum atomic E-state index is 12.7. The first kappa shape index (κ1) is 14.4. The molecule has 1 aromatic rings. The molecule has 4 heteroatoms. The Bertz CT molecular complexity index is 424. The van der Waals surface area contributed by atoms with Gasteiger partial charge in [0.2, 0.25) is 5.91 Å². The first-order valence-electron chi connectivity index (χ1n) is 6.76. The Morgan fingerprint density at radius 1 is 1.26 bits per heavy atom. The van der Waals surface area contributed by atoms with E-state index in [1.807, 2.05) is 43.0 Å². The van der Waals surface area contributed by atoms with Gasteiger partial charge in [-0.05, 0) is 51.0 Å². The van der Waals surface area contributed by atoms with Gasteiger partial charge in [0.1, 0.15) is 0 Å². The second-order valence-corrected chi connectivity index (χ2v) is 5.60. The number of amides is 1. The summed E-state index contributed by atoms with van der Waals surface area (Å²) in [4.78, 5) is 14.5. The van der Waals surface area contributed by atoms with Crippen LogP contribution in [-0.4, -0.2) is 25.2 Å². The van der Waals surface area contributed by atoms with Crippen molar-refractivity contribution in [2.75, 3.05) is 18.1 Å². The lowest BCUT2D eigenvalue weighted by Gasteiger charge is -2.32. The highest BCUT2D eigenvalue weighted by atomic mass is 35.5. The van der Waals surface area contributed by atoms with E-state index in [-0.39, 0.29) is 17.9 Å². The fourth-order valence-electron chi connectivity index (χ4n) is 2.42. The maximum absolute atomic E-state index is 12.7. The summed E-state index contributed by atoms with van der Waals surface area (Å²) in [6, 6.07) is 7.59. The smallest absolute Gasteiger partial charge is 0.230 e. The van der Waals surface area contributed by atoms with Crippen LogP contribution in [0.3, 0.4) is 0 Å². The number of hydrogen-bond donors (Lipinski definition) is 0. The molecule has 1 aliphatic rings. The van der Waals surface area contributed by atoms with E-state index < -0.39 is 0 Å². The van der Waals surface area contributed by atoms with Crippen LogP contribution in [0.15, 0.2) is 24.3 Å². The van der Waals surface area contributed by atoms with Gasteiger partial charge < -0.3 is 9.64 Å². The molecule has 1 fully saturated rings. The van der Waals surface area contributed by atoms with E-state index in [1.165, 1.54) is 0 Å². The number of ether oxygens (including phenoxy) is 1. The van der Waals surface area contributed by atoms with Gasteiger partial charge >= 0.3 is 0 Å². The summed E-state index contributed by atoms with van der Waals surface area (Å²) in [6.07, 6.45) is 1.63. The van der Waals surface area contributed by atoms with Crippen molar-refractivity contribution in [1.82, 2.24) is 0 Å². The molecule has 1 amide bonds. The zero-order valence-electron chi connectivity index (χ0n) is 11.4. The molecule has 0 saturated carbocycles. The number of anilines is 1. The van der Waals surface area contributed by atoms with Gasteiger partial charge in [0.15, 0.2) is 0 Å². The summed E-state index contributed by atoms with van der Waals surface area (Å²) in [5, 5.41) is 0.686. The van der Waals surface area contributed by atoms with Gasteiger partial charge in [0.05, 0.1) is 0 Å². The van der Waals surface area contributed by atoms with Crippen LogP contribution in [0.1, 0.15) is 26.7 Å².